The van der Waals surface area contributed by atoms with Gasteiger partial charge >= 0.3 is 0 Å². The predicted octanol–water partition coefficient (Wildman–Crippen LogP) is 2.29. The third kappa shape index (κ3) is 1.45. The molecule has 0 aliphatic rings. The Morgan fingerprint density at radius 1 is 1.12 bits per heavy atom. The number of para-hydroxylation sites is 1. The Bertz CT molecular complexity index is 721. The van der Waals surface area contributed by atoms with Gasteiger partial charge < -0.3 is 0 Å². The van der Waals surface area contributed by atoms with Gasteiger partial charge in [-0.25, -0.2) is 4.68 Å². The minimum absolute atomic E-state index is 0.598. The molecule has 4 heteroatoms. The lowest BCUT2D eigenvalue weighted by molar-refractivity contribution is 0.905. The van der Waals surface area contributed by atoms with Gasteiger partial charge in [-0.2, -0.15) is 10.4 Å². The average molecular weight is 220 g/mol. The van der Waals surface area contributed by atoms with Gasteiger partial charge in [0, 0.05) is 11.6 Å². The van der Waals surface area contributed by atoms with Crippen LogP contribution in [-0.2, 0) is 0 Å². The lowest BCUT2D eigenvalue weighted by atomic mass is 10.2. The molecule has 0 amide bonds. The third-order valence-corrected chi connectivity index (χ3v) is 2.63. The molecule has 0 saturated heterocycles. The first-order valence-electron chi connectivity index (χ1n) is 5.17. The molecule has 2 aromatic heterocycles. The van der Waals surface area contributed by atoms with E-state index in [0.717, 1.165) is 16.6 Å². The molecule has 0 radical (unpaired) electrons. The molecule has 0 spiro atoms. The van der Waals surface area contributed by atoms with E-state index < -0.39 is 0 Å². The fourth-order valence-electron chi connectivity index (χ4n) is 1.81. The van der Waals surface area contributed by atoms with E-state index in [4.69, 9.17) is 5.26 Å². The highest BCUT2D eigenvalue weighted by molar-refractivity contribution is 5.79. The first kappa shape index (κ1) is 9.55. The number of rotatable bonds is 1. The van der Waals surface area contributed by atoms with E-state index in [1.54, 1.807) is 29.3 Å². The lowest BCUT2D eigenvalue weighted by Gasteiger charge is -2.04. The van der Waals surface area contributed by atoms with E-state index in [2.05, 4.69) is 16.2 Å². The van der Waals surface area contributed by atoms with Crippen molar-refractivity contribution in [2.75, 3.05) is 0 Å². The largest absolute Gasteiger partial charge is 0.262 e. The minimum Gasteiger partial charge on any atom is -0.262 e. The van der Waals surface area contributed by atoms with E-state index >= 15 is 0 Å². The van der Waals surface area contributed by atoms with Gasteiger partial charge in [0.25, 0.3) is 0 Å². The van der Waals surface area contributed by atoms with Crippen LogP contribution in [0.5, 0.6) is 0 Å². The summed E-state index contributed by atoms with van der Waals surface area (Å²) in [6.07, 6.45) is 5.24. The van der Waals surface area contributed by atoms with Crippen molar-refractivity contribution in [3.63, 3.8) is 0 Å². The van der Waals surface area contributed by atoms with Gasteiger partial charge in [-0.05, 0) is 18.2 Å². The first-order valence-corrected chi connectivity index (χ1v) is 5.17. The Kier molecular flexibility index (Phi) is 2.09. The molecular weight excluding hydrogens is 212 g/mol. The van der Waals surface area contributed by atoms with Crippen LogP contribution in [-0.4, -0.2) is 14.8 Å². The summed E-state index contributed by atoms with van der Waals surface area (Å²) in [6.45, 7) is 0. The Labute approximate surface area is 97.8 Å². The molecule has 0 aliphatic carbocycles. The second-order valence-corrected chi connectivity index (χ2v) is 3.62. The molecule has 17 heavy (non-hydrogen) atoms. The van der Waals surface area contributed by atoms with Crippen molar-refractivity contribution < 1.29 is 0 Å². The summed E-state index contributed by atoms with van der Waals surface area (Å²) in [4.78, 5) is 4.08. The van der Waals surface area contributed by atoms with Gasteiger partial charge in [0.15, 0.2) is 0 Å². The smallest absolute Gasteiger partial charge is 0.101 e. The van der Waals surface area contributed by atoms with Gasteiger partial charge in [0.05, 0.1) is 29.2 Å². The van der Waals surface area contributed by atoms with Crippen LogP contribution in [0.3, 0.4) is 0 Å². The van der Waals surface area contributed by atoms with Crippen molar-refractivity contribution in [1.82, 2.24) is 14.8 Å². The number of aromatic nitrogens is 3. The van der Waals surface area contributed by atoms with Crippen LogP contribution in [0.15, 0.2) is 48.9 Å². The van der Waals surface area contributed by atoms with Crippen molar-refractivity contribution in [3.8, 4) is 11.8 Å². The molecular formula is C13H8N4. The van der Waals surface area contributed by atoms with Crippen LogP contribution in [0.25, 0.3) is 16.6 Å². The number of hydrogen-bond donors (Lipinski definition) is 0. The van der Waals surface area contributed by atoms with Gasteiger partial charge in [0.1, 0.15) is 6.07 Å². The maximum atomic E-state index is 9.08. The molecule has 80 valence electrons. The van der Waals surface area contributed by atoms with Crippen molar-refractivity contribution in [2.24, 2.45) is 0 Å². The molecule has 0 aliphatic heterocycles. The first-order chi connectivity index (χ1) is 8.40. The number of pyridine rings is 1. The Hall–Kier alpha value is -2.67. The van der Waals surface area contributed by atoms with Crippen molar-refractivity contribution in [3.05, 3.63) is 54.5 Å². The van der Waals surface area contributed by atoms with Crippen LogP contribution in [0.2, 0.25) is 0 Å². The fourth-order valence-corrected chi connectivity index (χ4v) is 1.81. The number of benzene rings is 1. The SMILES string of the molecule is N#Cc1ccccc1-n1ncc2ccncc21. The van der Waals surface area contributed by atoms with Gasteiger partial charge in [-0.1, -0.05) is 12.1 Å². The number of fused-ring (bicyclic) bond motifs is 1. The molecule has 0 N–H and O–H groups in total. The monoisotopic (exact) mass is 220 g/mol. The maximum Gasteiger partial charge on any atom is 0.101 e. The summed E-state index contributed by atoms with van der Waals surface area (Å²) in [5.74, 6) is 0. The summed E-state index contributed by atoms with van der Waals surface area (Å²) < 4.78 is 1.74. The average Bonchev–Trinajstić information content (AvgIpc) is 2.82. The molecule has 0 saturated carbocycles. The van der Waals surface area contributed by atoms with E-state index in [1.807, 2.05) is 24.3 Å². The quantitative estimate of drug-likeness (QED) is 0.632. The molecule has 2 heterocycles. The van der Waals surface area contributed by atoms with Crippen molar-refractivity contribution in [1.29, 1.82) is 5.26 Å². The van der Waals surface area contributed by atoms with Crippen molar-refractivity contribution >= 4 is 10.9 Å². The van der Waals surface area contributed by atoms with Crippen LogP contribution in [0, 0.1) is 11.3 Å². The van der Waals surface area contributed by atoms with E-state index in [-0.39, 0.29) is 0 Å². The molecule has 0 fully saturated rings. The Balaban J connectivity index is 2.32. The summed E-state index contributed by atoms with van der Waals surface area (Å²) >= 11 is 0. The lowest BCUT2D eigenvalue weighted by Crippen LogP contribution is -1.98. The zero-order valence-corrected chi connectivity index (χ0v) is 8.91. The normalized spacial score (nSPS) is 10.3. The predicted molar refractivity (Wildman–Crippen MR) is 63.6 cm³/mol. The zero-order chi connectivity index (χ0) is 11.7. The fraction of sp³-hybridized carbons (Fsp3) is 0. The number of nitriles is 1. The van der Waals surface area contributed by atoms with Gasteiger partial charge in [0.2, 0.25) is 0 Å². The molecule has 0 atom stereocenters. The highest BCUT2D eigenvalue weighted by atomic mass is 15.3. The van der Waals surface area contributed by atoms with E-state index in [9.17, 15) is 0 Å². The van der Waals surface area contributed by atoms with Gasteiger partial charge in [-0.3, -0.25) is 4.98 Å². The van der Waals surface area contributed by atoms with Crippen LogP contribution in [0.4, 0.5) is 0 Å². The van der Waals surface area contributed by atoms with Gasteiger partial charge in [-0.15, -0.1) is 0 Å². The highest BCUT2D eigenvalue weighted by Crippen LogP contribution is 2.19. The van der Waals surface area contributed by atoms with Crippen LogP contribution >= 0.6 is 0 Å². The van der Waals surface area contributed by atoms with E-state index in [1.165, 1.54) is 0 Å². The molecule has 3 rings (SSSR count). The molecule has 4 nitrogen and oxygen atoms in total. The summed E-state index contributed by atoms with van der Waals surface area (Å²) in [7, 11) is 0. The molecule has 0 unspecified atom stereocenters. The highest BCUT2D eigenvalue weighted by Gasteiger charge is 2.07. The molecule has 0 bridgehead atoms. The second kappa shape index (κ2) is 3.72. The topological polar surface area (TPSA) is 54.5 Å². The van der Waals surface area contributed by atoms with Crippen LogP contribution in [0.1, 0.15) is 5.56 Å². The Morgan fingerprint density at radius 3 is 2.88 bits per heavy atom. The standard InChI is InChI=1S/C13H8N4/c14-7-10-3-1-2-4-12(10)17-13-9-15-6-5-11(13)8-16-17/h1-6,8-9H. The number of nitrogens with zero attached hydrogens (tertiary/aromatic N) is 4. The second-order valence-electron chi connectivity index (χ2n) is 3.62. The van der Waals surface area contributed by atoms with E-state index in [0.29, 0.717) is 5.56 Å². The Morgan fingerprint density at radius 2 is 2.00 bits per heavy atom. The van der Waals surface area contributed by atoms with Crippen molar-refractivity contribution in [2.45, 2.75) is 0 Å². The molecule has 1 aromatic carbocycles. The zero-order valence-electron chi connectivity index (χ0n) is 8.91. The van der Waals surface area contributed by atoms with Crippen LogP contribution < -0.4 is 0 Å². The molecule has 3 aromatic rings. The summed E-state index contributed by atoms with van der Waals surface area (Å²) in [6, 6.07) is 11.4. The minimum atomic E-state index is 0.598. The summed E-state index contributed by atoms with van der Waals surface area (Å²) in [5.41, 5.74) is 2.27. The maximum absolute atomic E-state index is 9.08. The number of hydrogen-bond acceptors (Lipinski definition) is 3. The summed E-state index contributed by atoms with van der Waals surface area (Å²) in [5, 5.41) is 14.4. The third-order valence-electron chi connectivity index (χ3n) is 2.63.